The van der Waals surface area contributed by atoms with Gasteiger partial charge in [-0.1, -0.05) is 48.0 Å². The molecule has 0 fully saturated rings. The summed E-state index contributed by atoms with van der Waals surface area (Å²) in [6, 6.07) is 8.57. The smallest absolute Gasteiger partial charge is 0.191 e. The molecule has 4 nitrogen and oxygen atoms in total. The van der Waals surface area contributed by atoms with Gasteiger partial charge in [-0.05, 0) is 24.7 Å². The number of halogens is 1. The van der Waals surface area contributed by atoms with Crippen LogP contribution in [0, 0.1) is 0 Å². The van der Waals surface area contributed by atoms with E-state index in [1.807, 2.05) is 6.07 Å². The number of guanidine groups is 1. The first-order chi connectivity index (χ1) is 9.67. The summed E-state index contributed by atoms with van der Waals surface area (Å²) < 4.78 is 1.13. The number of hydrogen-bond acceptors (Lipinski definition) is 4. The SMILES string of the molecule is CCN(CC)CCN1C(N)=NCC1c1ccccc1Br. The van der Waals surface area contributed by atoms with Gasteiger partial charge in [-0.2, -0.15) is 0 Å². The zero-order chi connectivity index (χ0) is 14.5. The number of nitrogens with two attached hydrogens (primary N) is 1. The normalized spacial score (nSPS) is 18.7. The largest absolute Gasteiger partial charge is 0.370 e. The molecule has 5 heteroatoms. The third kappa shape index (κ3) is 3.33. The van der Waals surface area contributed by atoms with E-state index in [0.29, 0.717) is 5.96 Å². The molecule has 1 aliphatic heterocycles. The minimum Gasteiger partial charge on any atom is -0.370 e. The summed E-state index contributed by atoms with van der Waals surface area (Å²) in [5.74, 6) is 0.665. The Balaban J connectivity index is 2.09. The van der Waals surface area contributed by atoms with E-state index < -0.39 is 0 Å². The minimum absolute atomic E-state index is 0.251. The molecule has 2 rings (SSSR count). The molecule has 1 heterocycles. The van der Waals surface area contributed by atoms with Crippen molar-refractivity contribution in [3.05, 3.63) is 34.3 Å². The van der Waals surface area contributed by atoms with Crippen molar-refractivity contribution in [3.63, 3.8) is 0 Å². The molecule has 1 aromatic carbocycles. The maximum Gasteiger partial charge on any atom is 0.191 e. The standard InChI is InChI=1S/C15H23BrN4/c1-3-19(4-2)9-10-20-14(11-18-15(20)17)12-7-5-6-8-13(12)16/h5-8,14H,3-4,9-11H2,1-2H3,(H2,17,18). The predicted octanol–water partition coefficient (Wildman–Crippen LogP) is 2.46. The van der Waals surface area contributed by atoms with E-state index in [0.717, 1.165) is 37.2 Å². The van der Waals surface area contributed by atoms with Crippen molar-refractivity contribution >= 4 is 21.9 Å². The van der Waals surface area contributed by atoms with Crippen molar-refractivity contribution in [2.24, 2.45) is 10.7 Å². The highest BCUT2D eigenvalue weighted by Crippen LogP contribution is 2.30. The molecule has 2 N–H and O–H groups in total. The predicted molar refractivity (Wildman–Crippen MR) is 87.9 cm³/mol. The molecule has 0 saturated carbocycles. The topological polar surface area (TPSA) is 44.9 Å². The fraction of sp³-hybridized carbons (Fsp3) is 0.533. The van der Waals surface area contributed by atoms with Crippen LogP contribution < -0.4 is 5.73 Å². The molecule has 0 saturated heterocycles. The lowest BCUT2D eigenvalue weighted by atomic mass is 10.1. The Morgan fingerprint density at radius 2 is 2.05 bits per heavy atom. The van der Waals surface area contributed by atoms with Crippen LogP contribution in [-0.2, 0) is 0 Å². The zero-order valence-electron chi connectivity index (χ0n) is 12.2. The maximum absolute atomic E-state index is 6.07. The first-order valence-electron chi connectivity index (χ1n) is 7.20. The van der Waals surface area contributed by atoms with Crippen LogP contribution in [0.5, 0.6) is 0 Å². The van der Waals surface area contributed by atoms with E-state index in [4.69, 9.17) is 5.73 Å². The molecule has 1 unspecified atom stereocenters. The molecule has 0 spiro atoms. The van der Waals surface area contributed by atoms with Gasteiger partial charge in [0.25, 0.3) is 0 Å². The number of hydrogen-bond donors (Lipinski definition) is 1. The van der Waals surface area contributed by atoms with Gasteiger partial charge in [0.1, 0.15) is 0 Å². The van der Waals surface area contributed by atoms with Gasteiger partial charge in [0, 0.05) is 17.6 Å². The van der Waals surface area contributed by atoms with Crippen molar-refractivity contribution in [2.75, 3.05) is 32.7 Å². The first-order valence-corrected chi connectivity index (χ1v) is 8.00. The van der Waals surface area contributed by atoms with Crippen molar-refractivity contribution in [1.29, 1.82) is 0 Å². The summed E-state index contributed by atoms with van der Waals surface area (Å²) in [5.41, 5.74) is 7.33. The van der Waals surface area contributed by atoms with Gasteiger partial charge in [-0.25, -0.2) is 0 Å². The van der Waals surface area contributed by atoms with E-state index in [2.05, 4.69) is 62.8 Å². The second kappa shape index (κ2) is 7.09. The molecule has 0 amide bonds. The highest BCUT2D eigenvalue weighted by atomic mass is 79.9. The van der Waals surface area contributed by atoms with E-state index in [1.54, 1.807) is 0 Å². The molecule has 0 bridgehead atoms. The van der Waals surface area contributed by atoms with Crippen LogP contribution in [-0.4, -0.2) is 48.5 Å². The quantitative estimate of drug-likeness (QED) is 0.866. The van der Waals surface area contributed by atoms with Crippen molar-refractivity contribution < 1.29 is 0 Å². The molecule has 0 aliphatic carbocycles. The third-order valence-electron chi connectivity index (χ3n) is 3.91. The van der Waals surface area contributed by atoms with Gasteiger partial charge in [-0.3, -0.25) is 4.99 Å². The van der Waals surface area contributed by atoms with Crippen molar-refractivity contribution in [2.45, 2.75) is 19.9 Å². The van der Waals surface area contributed by atoms with Crippen molar-refractivity contribution in [3.8, 4) is 0 Å². The Morgan fingerprint density at radius 3 is 2.70 bits per heavy atom. The molecule has 1 aliphatic rings. The second-order valence-corrected chi connectivity index (χ2v) is 5.81. The number of rotatable bonds is 6. The summed E-state index contributed by atoms with van der Waals surface area (Å²) in [6.45, 7) is 9.20. The van der Waals surface area contributed by atoms with Crippen LogP contribution in [0.25, 0.3) is 0 Å². The number of aliphatic imine (C=N–C) groups is 1. The monoisotopic (exact) mass is 338 g/mol. The van der Waals surface area contributed by atoms with E-state index in [9.17, 15) is 0 Å². The second-order valence-electron chi connectivity index (χ2n) is 4.96. The van der Waals surface area contributed by atoms with Crippen LogP contribution in [0.3, 0.4) is 0 Å². The Morgan fingerprint density at radius 1 is 1.35 bits per heavy atom. The summed E-state index contributed by atoms with van der Waals surface area (Å²) in [7, 11) is 0. The number of nitrogens with zero attached hydrogens (tertiary/aromatic N) is 3. The van der Waals surface area contributed by atoms with E-state index in [1.165, 1.54) is 5.56 Å². The minimum atomic E-state index is 0.251. The Hall–Kier alpha value is -1.07. The first kappa shape index (κ1) is 15.3. The van der Waals surface area contributed by atoms with Crippen LogP contribution in [0.15, 0.2) is 33.7 Å². The van der Waals surface area contributed by atoms with Gasteiger partial charge < -0.3 is 15.5 Å². The van der Waals surface area contributed by atoms with Crippen LogP contribution in [0.1, 0.15) is 25.5 Å². The summed E-state index contributed by atoms with van der Waals surface area (Å²) in [6.07, 6.45) is 0. The van der Waals surface area contributed by atoms with Gasteiger partial charge in [0.2, 0.25) is 0 Å². The van der Waals surface area contributed by atoms with Gasteiger partial charge in [0.15, 0.2) is 5.96 Å². The zero-order valence-corrected chi connectivity index (χ0v) is 13.8. The lowest BCUT2D eigenvalue weighted by Crippen LogP contribution is -2.41. The lowest BCUT2D eigenvalue weighted by Gasteiger charge is -2.29. The average molecular weight is 339 g/mol. The average Bonchev–Trinajstić information content (AvgIpc) is 2.82. The van der Waals surface area contributed by atoms with Crippen LogP contribution >= 0.6 is 15.9 Å². The summed E-state index contributed by atoms with van der Waals surface area (Å²) in [4.78, 5) is 9.05. The Labute approximate surface area is 129 Å². The fourth-order valence-electron chi connectivity index (χ4n) is 2.60. The summed E-state index contributed by atoms with van der Waals surface area (Å²) >= 11 is 3.63. The number of benzene rings is 1. The van der Waals surface area contributed by atoms with Crippen molar-refractivity contribution in [1.82, 2.24) is 9.80 Å². The van der Waals surface area contributed by atoms with Crippen LogP contribution in [0.4, 0.5) is 0 Å². The third-order valence-corrected chi connectivity index (χ3v) is 4.63. The van der Waals surface area contributed by atoms with E-state index in [-0.39, 0.29) is 6.04 Å². The molecule has 0 radical (unpaired) electrons. The van der Waals surface area contributed by atoms with Gasteiger partial charge >= 0.3 is 0 Å². The highest BCUT2D eigenvalue weighted by Gasteiger charge is 2.28. The maximum atomic E-state index is 6.07. The van der Waals surface area contributed by atoms with Crippen LogP contribution in [0.2, 0.25) is 0 Å². The molecule has 20 heavy (non-hydrogen) atoms. The van der Waals surface area contributed by atoms with Gasteiger partial charge in [-0.15, -0.1) is 0 Å². The number of likely N-dealkylation sites (N-methyl/N-ethyl adjacent to an activating group) is 1. The van der Waals surface area contributed by atoms with E-state index >= 15 is 0 Å². The fourth-order valence-corrected chi connectivity index (χ4v) is 3.15. The molecule has 0 aromatic heterocycles. The molecule has 1 aromatic rings. The molecule has 110 valence electrons. The summed E-state index contributed by atoms with van der Waals surface area (Å²) in [5, 5.41) is 0. The highest BCUT2D eigenvalue weighted by molar-refractivity contribution is 9.10. The molecular formula is C15H23BrN4. The van der Waals surface area contributed by atoms with Gasteiger partial charge in [0.05, 0.1) is 12.6 Å². The molecule has 1 atom stereocenters. The Bertz CT molecular complexity index is 471. The lowest BCUT2D eigenvalue weighted by molar-refractivity contribution is 0.248. The Kier molecular flexibility index (Phi) is 5.43. The molecular weight excluding hydrogens is 316 g/mol.